The summed E-state index contributed by atoms with van der Waals surface area (Å²) < 4.78 is 9.80. The molecule has 1 aliphatic heterocycles. The third-order valence-corrected chi connectivity index (χ3v) is 9.52. The summed E-state index contributed by atoms with van der Waals surface area (Å²) in [6.45, 7) is 2.50. The fraction of sp³-hybridized carbons (Fsp3) is 0.108. The molecule has 6 nitrogen and oxygen atoms in total. The summed E-state index contributed by atoms with van der Waals surface area (Å²) in [4.78, 5) is 33.5. The molecule has 46 heavy (non-hydrogen) atoms. The maximum Gasteiger partial charge on any atom is 0.338 e. The molecule has 9 heteroatoms. The van der Waals surface area contributed by atoms with E-state index in [1.165, 1.54) is 11.3 Å². The zero-order valence-electron chi connectivity index (χ0n) is 24.7. The largest absolute Gasteiger partial charge is 0.463 e. The van der Waals surface area contributed by atoms with Gasteiger partial charge in [-0.3, -0.25) is 9.36 Å². The lowest BCUT2D eigenvalue weighted by atomic mass is 9.93. The van der Waals surface area contributed by atoms with Gasteiger partial charge in [0, 0.05) is 44.8 Å². The van der Waals surface area contributed by atoms with Crippen molar-refractivity contribution in [1.29, 1.82) is 0 Å². The lowest BCUT2D eigenvalue weighted by molar-refractivity contribution is -0.138. The van der Waals surface area contributed by atoms with E-state index in [9.17, 15) is 9.59 Å². The number of fused-ring (bicyclic) bond motifs is 2. The quantitative estimate of drug-likeness (QED) is 0.169. The van der Waals surface area contributed by atoms with Gasteiger partial charge >= 0.3 is 5.97 Å². The van der Waals surface area contributed by atoms with Gasteiger partial charge < -0.3 is 9.30 Å². The molecule has 1 aliphatic rings. The molecule has 0 N–H and O–H groups in total. The van der Waals surface area contributed by atoms with Crippen LogP contribution in [-0.4, -0.2) is 21.7 Å². The Morgan fingerprint density at radius 1 is 0.957 bits per heavy atom. The molecule has 2 aromatic heterocycles. The molecule has 7 rings (SSSR count). The summed E-state index contributed by atoms with van der Waals surface area (Å²) in [6.07, 6.45) is 3.94. The number of carbonyl (C=O) groups is 1. The molecule has 0 aliphatic carbocycles. The first-order valence-corrected chi connectivity index (χ1v) is 16.4. The highest BCUT2D eigenvalue weighted by atomic mass is 35.5. The van der Waals surface area contributed by atoms with Gasteiger partial charge in [0.25, 0.3) is 5.56 Å². The Hall–Kier alpha value is -4.69. The number of hydrogen-bond donors (Lipinski definition) is 0. The number of rotatable bonds is 7. The van der Waals surface area contributed by atoms with Crippen LogP contribution in [0.1, 0.15) is 35.2 Å². The molecule has 0 saturated carbocycles. The first-order valence-electron chi connectivity index (χ1n) is 14.8. The monoisotopic (exact) mass is 663 g/mol. The second-order valence-electron chi connectivity index (χ2n) is 10.8. The zero-order chi connectivity index (χ0) is 31.8. The molecule has 1 atom stereocenters. The second kappa shape index (κ2) is 12.6. The number of aromatic nitrogens is 2. The van der Waals surface area contributed by atoms with Gasteiger partial charge in [-0.25, -0.2) is 9.79 Å². The molecule has 0 amide bonds. The number of carbonyl (C=O) groups excluding carboxylic acids is 1. The number of benzene rings is 4. The Labute approximate surface area is 278 Å². The molecule has 4 aromatic carbocycles. The van der Waals surface area contributed by atoms with E-state index in [1.807, 2.05) is 109 Å². The van der Waals surface area contributed by atoms with Crippen molar-refractivity contribution in [2.24, 2.45) is 4.99 Å². The van der Waals surface area contributed by atoms with Crippen molar-refractivity contribution in [1.82, 2.24) is 9.13 Å². The lowest BCUT2D eigenvalue weighted by Crippen LogP contribution is -2.39. The summed E-state index contributed by atoms with van der Waals surface area (Å²) in [7, 11) is 0. The zero-order valence-corrected chi connectivity index (χ0v) is 27.0. The molecule has 6 aromatic rings. The van der Waals surface area contributed by atoms with E-state index in [1.54, 1.807) is 17.6 Å². The van der Waals surface area contributed by atoms with Crippen LogP contribution >= 0.6 is 34.5 Å². The Morgan fingerprint density at radius 2 is 1.67 bits per heavy atom. The van der Waals surface area contributed by atoms with Crippen LogP contribution in [0.25, 0.3) is 22.7 Å². The maximum atomic E-state index is 14.4. The van der Waals surface area contributed by atoms with Crippen molar-refractivity contribution in [3.8, 4) is 0 Å². The summed E-state index contributed by atoms with van der Waals surface area (Å²) in [5.74, 6) is -0.503. The number of esters is 1. The predicted octanol–water partition coefficient (Wildman–Crippen LogP) is 7.25. The topological polar surface area (TPSA) is 65.6 Å². The fourth-order valence-corrected chi connectivity index (χ4v) is 7.35. The highest BCUT2D eigenvalue weighted by Gasteiger charge is 2.35. The normalized spacial score (nSPS) is 14.8. The number of nitrogens with zero attached hydrogens (tertiary/aromatic N) is 3. The Kier molecular flexibility index (Phi) is 8.21. The van der Waals surface area contributed by atoms with Gasteiger partial charge in [0.05, 0.1) is 28.5 Å². The first kappa shape index (κ1) is 30.0. The SMILES string of the molecule is CCOC(=O)C1=C(c2ccccc2)N=c2s/c(=C\c3cn(Cc4ccc(Cl)cc4Cl)c4ccccc34)c(=O)n2[C@@H]1c1ccccc1. The number of para-hydroxylation sites is 1. The number of ether oxygens (including phenoxy) is 1. The van der Waals surface area contributed by atoms with Crippen molar-refractivity contribution in [2.75, 3.05) is 6.61 Å². The van der Waals surface area contributed by atoms with Gasteiger partial charge in [-0.1, -0.05) is 119 Å². The van der Waals surface area contributed by atoms with Crippen LogP contribution in [0.4, 0.5) is 0 Å². The predicted molar refractivity (Wildman–Crippen MR) is 185 cm³/mol. The first-order chi connectivity index (χ1) is 22.4. The smallest absolute Gasteiger partial charge is 0.338 e. The molecule has 0 radical (unpaired) electrons. The molecule has 0 fully saturated rings. The lowest BCUT2D eigenvalue weighted by Gasteiger charge is -2.25. The van der Waals surface area contributed by atoms with Crippen molar-refractivity contribution < 1.29 is 9.53 Å². The standard InChI is InChI=1S/C37H27Cl2N3O3S/c1-2-45-36(44)32-33(23-11-5-3-6-12-23)40-37-42(34(32)24-13-7-4-8-14-24)35(43)31(46-37)19-26-22-41(30-16-10-9-15-28(26)30)21-25-17-18-27(38)20-29(25)39/h3-20,22,34H,2,21H2,1H3/b31-19-/t34-/m1/s1. The summed E-state index contributed by atoms with van der Waals surface area (Å²) >= 11 is 14.0. The van der Waals surface area contributed by atoms with Gasteiger partial charge in [0.2, 0.25) is 0 Å². The number of hydrogen-bond acceptors (Lipinski definition) is 5. The Balaban J connectivity index is 1.44. The van der Waals surface area contributed by atoms with Crippen molar-refractivity contribution in [3.63, 3.8) is 0 Å². The van der Waals surface area contributed by atoms with E-state index >= 15 is 0 Å². The minimum atomic E-state index is -0.720. The van der Waals surface area contributed by atoms with Crippen LogP contribution in [0.2, 0.25) is 10.0 Å². The van der Waals surface area contributed by atoms with Gasteiger partial charge in [0.15, 0.2) is 4.80 Å². The fourth-order valence-electron chi connectivity index (χ4n) is 5.89. The van der Waals surface area contributed by atoms with Crippen LogP contribution in [0.5, 0.6) is 0 Å². The van der Waals surface area contributed by atoms with E-state index in [2.05, 4.69) is 4.57 Å². The molecule has 228 valence electrons. The average molecular weight is 665 g/mol. The van der Waals surface area contributed by atoms with Crippen molar-refractivity contribution >= 4 is 63.2 Å². The van der Waals surface area contributed by atoms with E-state index in [-0.39, 0.29) is 12.2 Å². The minimum Gasteiger partial charge on any atom is -0.463 e. The van der Waals surface area contributed by atoms with Gasteiger partial charge in [-0.05, 0) is 42.3 Å². The van der Waals surface area contributed by atoms with Crippen LogP contribution in [0.15, 0.2) is 125 Å². The molecule has 3 heterocycles. The van der Waals surface area contributed by atoms with Gasteiger partial charge in [0.1, 0.15) is 0 Å². The van der Waals surface area contributed by atoms with E-state index in [0.29, 0.717) is 37.2 Å². The Morgan fingerprint density at radius 3 is 2.41 bits per heavy atom. The van der Waals surface area contributed by atoms with Crippen molar-refractivity contribution in [3.05, 3.63) is 167 Å². The summed E-state index contributed by atoms with van der Waals surface area (Å²) in [6, 6.07) is 31.9. The molecular formula is C37H27Cl2N3O3S. The van der Waals surface area contributed by atoms with Gasteiger partial charge in [-0.2, -0.15) is 0 Å². The molecule has 0 spiro atoms. The van der Waals surface area contributed by atoms with E-state index in [0.717, 1.165) is 33.2 Å². The van der Waals surface area contributed by atoms with Crippen LogP contribution in [0, 0.1) is 0 Å². The highest BCUT2D eigenvalue weighted by Crippen LogP contribution is 2.35. The molecule has 0 unspecified atom stereocenters. The van der Waals surface area contributed by atoms with E-state index in [4.69, 9.17) is 32.9 Å². The molecule has 0 saturated heterocycles. The highest BCUT2D eigenvalue weighted by molar-refractivity contribution is 7.07. The van der Waals surface area contributed by atoms with Crippen LogP contribution in [-0.2, 0) is 16.1 Å². The van der Waals surface area contributed by atoms with Crippen molar-refractivity contribution in [2.45, 2.75) is 19.5 Å². The minimum absolute atomic E-state index is 0.196. The average Bonchev–Trinajstić information content (AvgIpc) is 3.58. The maximum absolute atomic E-state index is 14.4. The van der Waals surface area contributed by atoms with Crippen LogP contribution < -0.4 is 14.9 Å². The number of halogens is 2. The number of thiazole rings is 1. The van der Waals surface area contributed by atoms with Crippen LogP contribution in [0.3, 0.4) is 0 Å². The summed E-state index contributed by atoms with van der Waals surface area (Å²) in [5.41, 5.74) is 4.98. The Bertz CT molecular complexity index is 2320. The third-order valence-electron chi connectivity index (χ3n) is 7.95. The third kappa shape index (κ3) is 5.51. The molecular weight excluding hydrogens is 637 g/mol. The summed E-state index contributed by atoms with van der Waals surface area (Å²) in [5, 5.41) is 2.17. The van der Waals surface area contributed by atoms with Gasteiger partial charge in [-0.15, -0.1) is 0 Å². The second-order valence-corrected chi connectivity index (χ2v) is 12.7. The molecule has 0 bridgehead atoms. The van der Waals surface area contributed by atoms with E-state index < -0.39 is 12.0 Å².